The van der Waals surface area contributed by atoms with Crippen molar-refractivity contribution >= 4 is 23.2 Å². The largest absolute Gasteiger partial charge is 0.374 e. The molecule has 1 rings (SSSR count). The molecule has 1 aromatic rings. The van der Waals surface area contributed by atoms with E-state index in [-0.39, 0.29) is 6.04 Å². The highest BCUT2D eigenvalue weighted by Crippen LogP contribution is 2.34. The molecular formula is C12H18Cl2N2O. The fourth-order valence-electron chi connectivity index (χ4n) is 1.86. The van der Waals surface area contributed by atoms with Gasteiger partial charge < -0.3 is 4.74 Å². The van der Waals surface area contributed by atoms with Gasteiger partial charge in [0.2, 0.25) is 0 Å². The van der Waals surface area contributed by atoms with Crippen molar-refractivity contribution in [3.05, 3.63) is 33.8 Å². The molecule has 3 nitrogen and oxygen atoms in total. The maximum Gasteiger partial charge on any atom is 0.0833 e. The molecule has 0 amide bonds. The second kappa shape index (κ2) is 6.03. The van der Waals surface area contributed by atoms with Crippen LogP contribution in [0.2, 0.25) is 10.0 Å². The van der Waals surface area contributed by atoms with Gasteiger partial charge in [-0.15, -0.1) is 0 Å². The second-order valence-electron chi connectivity index (χ2n) is 4.30. The first kappa shape index (κ1) is 14.7. The molecule has 1 unspecified atom stereocenters. The zero-order valence-corrected chi connectivity index (χ0v) is 11.8. The van der Waals surface area contributed by atoms with E-state index in [4.69, 9.17) is 33.8 Å². The molecule has 17 heavy (non-hydrogen) atoms. The Labute approximate surface area is 112 Å². The Bertz CT molecular complexity index is 383. The molecule has 0 aliphatic rings. The Morgan fingerprint density at radius 3 is 2.59 bits per heavy atom. The van der Waals surface area contributed by atoms with E-state index in [1.807, 2.05) is 20.8 Å². The summed E-state index contributed by atoms with van der Waals surface area (Å²) in [5.74, 6) is 5.61. The van der Waals surface area contributed by atoms with Crippen molar-refractivity contribution in [1.82, 2.24) is 5.43 Å². The molecule has 5 heteroatoms. The summed E-state index contributed by atoms with van der Waals surface area (Å²) in [4.78, 5) is 0. The molecule has 0 aliphatic heterocycles. The zero-order valence-electron chi connectivity index (χ0n) is 10.3. The minimum Gasteiger partial charge on any atom is -0.374 e. The molecule has 0 radical (unpaired) electrons. The highest BCUT2D eigenvalue weighted by molar-refractivity contribution is 6.33. The van der Waals surface area contributed by atoms with Gasteiger partial charge in [-0.1, -0.05) is 23.2 Å². The summed E-state index contributed by atoms with van der Waals surface area (Å²) in [5.41, 5.74) is 3.10. The number of hydrogen-bond donors (Lipinski definition) is 2. The number of ether oxygens (including phenoxy) is 1. The molecule has 0 fully saturated rings. The minimum atomic E-state index is -0.474. The first-order chi connectivity index (χ1) is 7.92. The lowest BCUT2D eigenvalue weighted by Gasteiger charge is -2.34. The molecule has 0 aromatic heterocycles. The van der Waals surface area contributed by atoms with Crippen LogP contribution in [0.1, 0.15) is 32.4 Å². The smallest absolute Gasteiger partial charge is 0.0833 e. The van der Waals surface area contributed by atoms with Gasteiger partial charge in [0.25, 0.3) is 0 Å². The van der Waals surface area contributed by atoms with Gasteiger partial charge >= 0.3 is 0 Å². The molecule has 0 heterocycles. The van der Waals surface area contributed by atoms with Crippen LogP contribution in [0.4, 0.5) is 0 Å². The highest BCUT2D eigenvalue weighted by atomic mass is 35.5. The number of rotatable bonds is 5. The van der Waals surface area contributed by atoms with Crippen LogP contribution in [0, 0.1) is 0 Å². The Hall–Kier alpha value is -0.320. The van der Waals surface area contributed by atoms with Crippen molar-refractivity contribution in [3.8, 4) is 0 Å². The molecule has 0 saturated heterocycles. The molecule has 0 saturated carbocycles. The lowest BCUT2D eigenvalue weighted by Crippen LogP contribution is -2.44. The SMILES string of the molecule is CCOC(C)(C)C(NN)c1cc(Cl)ccc1Cl. The van der Waals surface area contributed by atoms with E-state index < -0.39 is 5.60 Å². The summed E-state index contributed by atoms with van der Waals surface area (Å²) < 4.78 is 5.69. The predicted molar refractivity (Wildman–Crippen MR) is 72.2 cm³/mol. The van der Waals surface area contributed by atoms with Crippen LogP contribution in [0.15, 0.2) is 18.2 Å². The summed E-state index contributed by atoms with van der Waals surface area (Å²) in [6.45, 7) is 6.45. The third-order valence-corrected chi connectivity index (χ3v) is 3.23. The van der Waals surface area contributed by atoms with Gasteiger partial charge in [0.05, 0.1) is 11.6 Å². The van der Waals surface area contributed by atoms with Crippen LogP contribution in [-0.2, 0) is 4.74 Å². The zero-order chi connectivity index (χ0) is 13.1. The van der Waals surface area contributed by atoms with Crippen LogP contribution in [0.3, 0.4) is 0 Å². The fraction of sp³-hybridized carbons (Fsp3) is 0.500. The first-order valence-electron chi connectivity index (χ1n) is 5.47. The van der Waals surface area contributed by atoms with Crippen molar-refractivity contribution < 1.29 is 4.74 Å². The van der Waals surface area contributed by atoms with Gasteiger partial charge in [-0.05, 0) is 44.5 Å². The maximum atomic E-state index is 6.17. The van der Waals surface area contributed by atoms with Crippen LogP contribution in [0.25, 0.3) is 0 Å². The van der Waals surface area contributed by atoms with Gasteiger partial charge in [-0.25, -0.2) is 0 Å². The van der Waals surface area contributed by atoms with Gasteiger partial charge in [0.15, 0.2) is 0 Å². The molecule has 0 spiro atoms. The fourth-order valence-corrected chi connectivity index (χ4v) is 2.26. The third kappa shape index (κ3) is 3.57. The molecule has 1 atom stereocenters. The minimum absolute atomic E-state index is 0.228. The monoisotopic (exact) mass is 276 g/mol. The van der Waals surface area contributed by atoms with Gasteiger partial charge in [0, 0.05) is 16.7 Å². The number of hydrazine groups is 1. The van der Waals surface area contributed by atoms with Crippen molar-refractivity contribution in [2.45, 2.75) is 32.4 Å². The molecule has 96 valence electrons. The Kier molecular flexibility index (Phi) is 5.22. The van der Waals surface area contributed by atoms with E-state index in [0.717, 1.165) is 5.56 Å². The second-order valence-corrected chi connectivity index (χ2v) is 5.15. The van der Waals surface area contributed by atoms with Crippen molar-refractivity contribution in [2.24, 2.45) is 5.84 Å². The summed E-state index contributed by atoms with van der Waals surface area (Å²) >= 11 is 12.1. The quantitative estimate of drug-likeness (QED) is 0.641. The number of halogens is 2. The molecule has 1 aromatic carbocycles. The highest BCUT2D eigenvalue weighted by Gasteiger charge is 2.32. The van der Waals surface area contributed by atoms with Gasteiger partial charge in [-0.2, -0.15) is 0 Å². The van der Waals surface area contributed by atoms with E-state index in [9.17, 15) is 0 Å². The Balaban J connectivity index is 3.13. The van der Waals surface area contributed by atoms with E-state index in [1.165, 1.54) is 0 Å². The lowest BCUT2D eigenvalue weighted by atomic mass is 9.92. The lowest BCUT2D eigenvalue weighted by molar-refractivity contribution is -0.0392. The van der Waals surface area contributed by atoms with Crippen LogP contribution in [-0.4, -0.2) is 12.2 Å². The molecule has 0 bridgehead atoms. The summed E-state index contributed by atoms with van der Waals surface area (Å²) in [5, 5.41) is 1.24. The number of benzene rings is 1. The van der Waals surface area contributed by atoms with E-state index in [0.29, 0.717) is 16.7 Å². The summed E-state index contributed by atoms with van der Waals surface area (Å²) in [6.07, 6.45) is 0. The number of hydrogen-bond acceptors (Lipinski definition) is 3. The predicted octanol–water partition coefficient (Wildman–Crippen LogP) is 3.31. The molecule has 0 aliphatic carbocycles. The van der Waals surface area contributed by atoms with Crippen molar-refractivity contribution in [1.29, 1.82) is 0 Å². The Morgan fingerprint density at radius 2 is 2.06 bits per heavy atom. The Morgan fingerprint density at radius 1 is 1.41 bits per heavy atom. The van der Waals surface area contributed by atoms with E-state index in [2.05, 4.69) is 5.43 Å². The standard InChI is InChI=1S/C12H18Cl2N2O/c1-4-17-12(2,3)11(16-15)9-7-8(13)5-6-10(9)14/h5-7,11,16H,4,15H2,1-3H3. The van der Waals surface area contributed by atoms with E-state index in [1.54, 1.807) is 18.2 Å². The number of nitrogens with one attached hydrogen (secondary N) is 1. The summed E-state index contributed by atoms with van der Waals surface area (Å²) in [6, 6.07) is 5.07. The molecular weight excluding hydrogens is 259 g/mol. The van der Waals surface area contributed by atoms with Gasteiger partial charge in [0.1, 0.15) is 0 Å². The number of nitrogens with two attached hydrogens (primary N) is 1. The molecule has 3 N–H and O–H groups in total. The average molecular weight is 277 g/mol. The normalized spacial score (nSPS) is 13.8. The topological polar surface area (TPSA) is 47.3 Å². The summed E-state index contributed by atoms with van der Waals surface area (Å²) in [7, 11) is 0. The van der Waals surface area contributed by atoms with Gasteiger partial charge in [-0.3, -0.25) is 11.3 Å². The maximum absolute atomic E-state index is 6.17. The van der Waals surface area contributed by atoms with Crippen LogP contribution < -0.4 is 11.3 Å². The van der Waals surface area contributed by atoms with Crippen LogP contribution >= 0.6 is 23.2 Å². The third-order valence-electron chi connectivity index (χ3n) is 2.65. The van der Waals surface area contributed by atoms with Crippen LogP contribution in [0.5, 0.6) is 0 Å². The van der Waals surface area contributed by atoms with E-state index >= 15 is 0 Å². The average Bonchev–Trinajstić information content (AvgIpc) is 2.23. The van der Waals surface area contributed by atoms with Crippen molar-refractivity contribution in [2.75, 3.05) is 6.61 Å². The van der Waals surface area contributed by atoms with Crippen molar-refractivity contribution in [3.63, 3.8) is 0 Å². The first-order valence-corrected chi connectivity index (χ1v) is 6.23.